The van der Waals surface area contributed by atoms with Gasteiger partial charge in [-0.3, -0.25) is 9.59 Å². The number of carboxylic acids is 1. The van der Waals surface area contributed by atoms with E-state index in [1.54, 1.807) is 4.90 Å². The molecule has 0 radical (unpaired) electrons. The standard InChI is InChI=1S/C15H19NO3/c1-9-6-5-7-12(10(9)2)16-13(17)8-11(14(18)19)15(16,3)4/h5-7,11H,8H2,1-4H3,(H,18,19). The first-order valence-corrected chi connectivity index (χ1v) is 6.39. The zero-order valence-corrected chi connectivity index (χ0v) is 11.7. The van der Waals surface area contributed by atoms with Crippen LogP contribution in [0.4, 0.5) is 5.69 Å². The van der Waals surface area contributed by atoms with Crippen LogP contribution in [0, 0.1) is 19.8 Å². The van der Waals surface area contributed by atoms with Crippen molar-refractivity contribution < 1.29 is 14.7 Å². The summed E-state index contributed by atoms with van der Waals surface area (Å²) in [6.07, 6.45) is 0.0652. The molecule has 1 heterocycles. The number of carboxylic acid groups (broad SMARTS) is 1. The Bertz CT molecular complexity index is 548. The van der Waals surface area contributed by atoms with E-state index < -0.39 is 17.4 Å². The van der Waals surface area contributed by atoms with Gasteiger partial charge in [0.1, 0.15) is 0 Å². The first kappa shape index (κ1) is 13.6. The molecule has 0 aliphatic carbocycles. The molecule has 2 rings (SSSR count). The Morgan fingerprint density at radius 2 is 2.00 bits per heavy atom. The number of aliphatic carboxylic acids is 1. The topological polar surface area (TPSA) is 57.6 Å². The third-order valence-electron chi connectivity index (χ3n) is 4.17. The lowest BCUT2D eigenvalue weighted by atomic mass is 9.88. The zero-order valence-electron chi connectivity index (χ0n) is 11.7. The maximum absolute atomic E-state index is 12.2. The summed E-state index contributed by atoms with van der Waals surface area (Å²) < 4.78 is 0. The van der Waals surface area contributed by atoms with Gasteiger partial charge in [0.15, 0.2) is 0 Å². The van der Waals surface area contributed by atoms with E-state index in [-0.39, 0.29) is 12.3 Å². The number of nitrogens with zero attached hydrogens (tertiary/aromatic N) is 1. The highest BCUT2D eigenvalue weighted by atomic mass is 16.4. The van der Waals surface area contributed by atoms with Crippen LogP contribution in [0.25, 0.3) is 0 Å². The Kier molecular flexibility index (Phi) is 3.12. The fraction of sp³-hybridized carbons (Fsp3) is 0.467. The van der Waals surface area contributed by atoms with E-state index in [1.165, 1.54) is 0 Å². The minimum Gasteiger partial charge on any atom is -0.481 e. The summed E-state index contributed by atoms with van der Waals surface area (Å²) in [5.41, 5.74) is 2.23. The Morgan fingerprint density at radius 3 is 2.53 bits per heavy atom. The van der Waals surface area contributed by atoms with E-state index in [9.17, 15) is 14.7 Å². The largest absolute Gasteiger partial charge is 0.481 e. The average Bonchev–Trinajstić information content (AvgIpc) is 2.54. The number of amides is 1. The first-order valence-electron chi connectivity index (χ1n) is 6.39. The number of carbonyl (C=O) groups is 2. The molecule has 0 saturated carbocycles. The molecule has 1 amide bonds. The van der Waals surface area contributed by atoms with Crippen molar-refractivity contribution in [2.75, 3.05) is 4.90 Å². The lowest BCUT2D eigenvalue weighted by Gasteiger charge is -2.35. The Morgan fingerprint density at radius 1 is 1.37 bits per heavy atom. The molecule has 4 nitrogen and oxygen atoms in total. The van der Waals surface area contributed by atoms with Crippen molar-refractivity contribution in [3.63, 3.8) is 0 Å². The molecule has 102 valence electrons. The van der Waals surface area contributed by atoms with Crippen molar-refractivity contribution in [2.24, 2.45) is 5.92 Å². The predicted molar refractivity (Wildman–Crippen MR) is 73.2 cm³/mol. The molecule has 1 unspecified atom stereocenters. The molecule has 19 heavy (non-hydrogen) atoms. The van der Waals surface area contributed by atoms with Gasteiger partial charge < -0.3 is 10.0 Å². The monoisotopic (exact) mass is 261 g/mol. The van der Waals surface area contributed by atoms with Gasteiger partial charge in [-0.1, -0.05) is 12.1 Å². The molecule has 1 N–H and O–H groups in total. The van der Waals surface area contributed by atoms with E-state index in [0.717, 1.165) is 16.8 Å². The van der Waals surface area contributed by atoms with Gasteiger partial charge in [-0.05, 0) is 44.9 Å². The van der Waals surface area contributed by atoms with Gasteiger partial charge in [0.2, 0.25) is 5.91 Å². The highest BCUT2D eigenvalue weighted by Gasteiger charge is 2.50. The molecule has 0 spiro atoms. The molecule has 0 aromatic heterocycles. The van der Waals surface area contributed by atoms with Crippen LogP contribution in [0.5, 0.6) is 0 Å². The van der Waals surface area contributed by atoms with Crippen LogP contribution in [-0.2, 0) is 9.59 Å². The zero-order chi connectivity index (χ0) is 14.4. The molecular weight excluding hydrogens is 242 g/mol. The average molecular weight is 261 g/mol. The lowest BCUT2D eigenvalue weighted by molar-refractivity contribution is -0.143. The molecular formula is C15H19NO3. The van der Waals surface area contributed by atoms with Crippen molar-refractivity contribution in [1.82, 2.24) is 0 Å². The van der Waals surface area contributed by atoms with Crippen LogP contribution in [0.15, 0.2) is 18.2 Å². The molecule has 0 bridgehead atoms. The summed E-state index contributed by atoms with van der Waals surface area (Å²) in [6, 6.07) is 5.77. The van der Waals surface area contributed by atoms with Gasteiger partial charge in [0.25, 0.3) is 0 Å². The van der Waals surface area contributed by atoms with Gasteiger partial charge >= 0.3 is 5.97 Å². The fourth-order valence-electron chi connectivity index (χ4n) is 2.81. The molecule has 4 heteroatoms. The number of carbonyl (C=O) groups excluding carboxylic acids is 1. The van der Waals surface area contributed by atoms with Crippen LogP contribution < -0.4 is 4.90 Å². The SMILES string of the molecule is Cc1cccc(N2C(=O)CC(C(=O)O)C2(C)C)c1C. The van der Waals surface area contributed by atoms with Crippen LogP contribution in [-0.4, -0.2) is 22.5 Å². The van der Waals surface area contributed by atoms with Gasteiger partial charge in [-0.2, -0.15) is 0 Å². The third-order valence-corrected chi connectivity index (χ3v) is 4.17. The lowest BCUT2D eigenvalue weighted by Crippen LogP contribution is -2.46. The number of hydrogen-bond donors (Lipinski definition) is 1. The molecule has 1 aromatic carbocycles. The number of hydrogen-bond acceptors (Lipinski definition) is 2. The summed E-state index contributed by atoms with van der Waals surface area (Å²) >= 11 is 0. The summed E-state index contributed by atoms with van der Waals surface area (Å²) in [5, 5.41) is 9.28. The first-order chi connectivity index (χ1) is 8.76. The number of aryl methyl sites for hydroxylation is 1. The Labute approximate surface area is 113 Å². The highest BCUT2D eigenvalue weighted by molar-refractivity contribution is 6.02. The number of benzene rings is 1. The van der Waals surface area contributed by atoms with Crippen LogP contribution in [0.3, 0.4) is 0 Å². The number of anilines is 1. The van der Waals surface area contributed by atoms with Crippen molar-refractivity contribution >= 4 is 17.6 Å². The van der Waals surface area contributed by atoms with Crippen molar-refractivity contribution in [3.8, 4) is 0 Å². The molecule has 1 fully saturated rings. The summed E-state index contributed by atoms with van der Waals surface area (Å²) in [6.45, 7) is 7.58. The maximum Gasteiger partial charge on any atom is 0.309 e. The van der Waals surface area contributed by atoms with Crippen molar-refractivity contribution in [1.29, 1.82) is 0 Å². The van der Waals surface area contributed by atoms with E-state index in [2.05, 4.69) is 0 Å². The minimum absolute atomic E-state index is 0.0652. The van der Waals surface area contributed by atoms with E-state index in [1.807, 2.05) is 45.9 Å². The van der Waals surface area contributed by atoms with Gasteiger partial charge in [-0.15, -0.1) is 0 Å². The second-order valence-corrected chi connectivity index (χ2v) is 5.70. The normalized spacial score (nSPS) is 21.8. The summed E-state index contributed by atoms with van der Waals surface area (Å²) in [7, 11) is 0. The summed E-state index contributed by atoms with van der Waals surface area (Å²) in [4.78, 5) is 25.2. The van der Waals surface area contributed by atoms with Gasteiger partial charge in [-0.25, -0.2) is 0 Å². The molecule has 1 aliphatic heterocycles. The Balaban J connectivity index is 2.53. The minimum atomic E-state index is -0.911. The second-order valence-electron chi connectivity index (χ2n) is 5.70. The molecule has 1 saturated heterocycles. The molecule has 1 aliphatic rings. The van der Waals surface area contributed by atoms with E-state index in [4.69, 9.17) is 0 Å². The third kappa shape index (κ3) is 2.01. The smallest absolute Gasteiger partial charge is 0.309 e. The molecule has 1 aromatic rings. The van der Waals surface area contributed by atoms with Crippen LogP contribution in [0.1, 0.15) is 31.4 Å². The fourth-order valence-corrected chi connectivity index (χ4v) is 2.81. The van der Waals surface area contributed by atoms with E-state index in [0.29, 0.717) is 0 Å². The van der Waals surface area contributed by atoms with Crippen molar-refractivity contribution in [2.45, 2.75) is 39.7 Å². The Hall–Kier alpha value is -1.84. The molecule has 1 atom stereocenters. The van der Waals surface area contributed by atoms with E-state index >= 15 is 0 Å². The maximum atomic E-state index is 12.2. The second kappa shape index (κ2) is 4.37. The van der Waals surface area contributed by atoms with Gasteiger partial charge in [0, 0.05) is 12.1 Å². The highest BCUT2D eigenvalue weighted by Crippen LogP contribution is 2.40. The quantitative estimate of drug-likeness (QED) is 0.890. The van der Waals surface area contributed by atoms with Crippen LogP contribution >= 0.6 is 0 Å². The predicted octanol–water partition coefficient (Wildman–Crippen LogP) is 2.52. The van der Waals surface area contributed by atoms with Crippen molar-refractivity contribution in [3.05, 3.63) is 29.3 Å². The van der Waals surface area contributed by atoms with Gasteiger partial charge in [0.05, 0.1) is 11.5 Å². The van der Waals surface area contributed by atoms with Crippen LogP contribution in [0.2, 0.25) is 0 Å². The summed E-state index contributed by atoms with van der Waals surface area (Å²) in [5.74, 6) is -1.70. The number of rotatable bonds is 2.